The van der Waals surface area contributed by atoms with Gasteiger partial charge in [-0.1, -0.05) is 56.1 Å². The number of hydrogen-bond donors (Lipinski definition) is 4. The van der Waals surface area contributed by atoms with Gasteiger partial charge in [0.1, 0.15) is 11.3 Å². The number of anilines is 1. The molecular formula is C55H77B2Cl2N13O10S. The van der Waals surface area contributed by atoms with Crippen LogP contribution in [-0.4, -0.2) is 164 Å². The van der Waals surface area contributed by atoms with Gasteiger partial charge in [0.15, 0.2) is 17.1 Å². The van der Waals surface area contributed by atoms with Gasteiger partial charge in [0, 0.05) is 72.1 Å². The van der Waals surface area contributed by atoms with E-state index >= 15 is 0 Å². The molecule has 4 aliphatic rings. The van der Waals surface area contributed by atoms with Gasteiger partial charge in [-0.25, -0.2) is 28.4 Å². The predicted molar refractivity (Wildman–Crippen MR) is 327 cm³/mol. The molecule has 2 aromatic carbocycles. The average molecular weight is 1200 g/mol. The average Bonchev–Trinajstić information content (AvgIpc) is 4.17. The molecule has 0 saturated carbocycles. The van der Waals surface area contributed by atoms with E-state index in [1.54, 1.807) is 44.8 Å². The van der Waals surface area contributed by atoms with Crippen molar-refractivity contribution in [3.05, 3.63) is 126 Å². The summed E-state index contributed by atoms with van der Waals surface area (Å²) in [5.74, 6) is 2.10. The highest BCUT2D eigenvalue weighted by Gasteiger charge is 2.34. The van der Waals surface area contributed by atoms with Crippen molar-refractivity contribution in [2.24, 2.45) is 5.73 Å². The van der Waals surface area contributed by atoms with Gasteiger partial charge in [0.25, 0.3) is 0 Å². The topological polar surface area (TPSA) is 287 Å². The number of benzene rings is 2. The summed E-state index contributed by atoms with van der Waals surface area (Å²) in [4.78, 5) is 44.4. The van der Waals surface area contributed by atoms with E-state index in [0.29, 0.717) is 60.0 Å². The van der Waals surface area contributed by atoms with Gasteiger partial charge in [-0.15, -0.1) is 0 Å². The van der Waals surface area contributed by atoms with Crippen LogP contribution in [0.5, 0.6) is 11.5 Å². The molecule has 10 rings (SSSR count). The third kappa shape index (κ3) is 18.2. The number of nitrogens with one attached hydrogen (secondary N) is 1. The van der Waals surface area contributed by atoms with Crippen molar-refractivity contribution in [2.45, 2.75) is 117 Å². The maximum Gasteiger partial charge on any atom is 0.376 e. The van der Waals surface area contributed by atoms with E-state index < -0.39 is 26.9 Å². The lowest BCUT2D eigenvalue weighted by Gasteiger charge is -2.33. The summed E-state index contributed by atoms with van der Waals surface area (Å²) in [6.45, 7) is 23.5. The quantitative estimate of drug-likeness (QED) is 0.0363. The summed E-state index contributed by atoms with van der Waals surface area (Å²) in [6.07, 6.45) is 4.95. The van der Waals surface area contributed by atoms with Crippen molar-refractivity contribution < 1.29 is 37.8 Å². The number of halogens is 2. The second-order valence-corrected chi connectivity index (χ2v) is 23.2. The van der Waals surface area contributed by atoms with Crippen LogP contribution in [0.2, 0.25) is 23.8 Å². The number of nitro groups is 2. The number of fused-ring (bicyclic) bond motifs is 2. The number of pyridine rings is 3. The standard InChI is InChI=1S/C25H23ClN4O4S.C12H19BN4O3.C6H15BN2O.C6H5ClN2O2.C6H15N/c1-16-6-8-21-25(27-16)30(24(28-21)19-4-2-3-5-20(19)26)17-10-12-29(13-11-17)35(31,32)18-7-9-22-23(14-18)34-15-33-22;1-9-3-4-11(17(19)20)12(14-9)15-10-5-7-16(8-6-10)13(2)18;1-7(10)9-4-2-6(8)3-5-9;1-4-2-3-5(9(10)11)6(7)8-4;1-4-7(5-2)6-3/h2-9,14,17H,10-13,15H2,1H3;3-4,10,18H,5-8H2,1-2H3,(H,14,15);6,10H,2-5,8H2,1H3;2-3H,1H3;4-6H2,1-3H3. The summed E-state index contributed by atoms with van der Waals surface area (Å²) < 4.78 is 41.1. The second-order valence-electron chi connectivity index (χ2n) is 20.5. The molecule has 0 bridgehead atoms. The Balaban J connectivity index is 0.000000193. The molecule has 83 heavy (non-hydrogen) atoms. The number of nitrogens with zero attached hydrogens (tertiary/aromatic N) is 11. The number of imidazole rings is 1. The number of sulfonamides is 1. The van der Waals surface area contributed by atoms with E-state index in [1.165, 1.54) is 42.1 Å². The van der Waals surface area contributed by atoms with Crippen LogP contribution in [0.4, 0.5) is 17.2 Å². The first-order valence-electron chi connectivity index (χ1n) is 28.0. The SMILES string of the molecule is CB(O)N1CCC(N)CC1.CB(O)N1CCC(Nc2nc(C)ccc2[N+](=O)[O-])CC1.CCN(CC)CC.Cc1ccc([N+](=O)[O-])c(Cl)n1.Cc1ccc2nc(-c3ccccc3Cl)n(C3CCN(S(=O)(=O)c4ccc5c(c4)OCO5)CC3)c2n1. The Bertz CT molecular complexity index is 3210. The minimum absolute atomic E-state index is 0.00792. The van der Waals surface area contributed by atoms with Crippen LogP contribution in [0.25, 0.3) is 22.6 Å². The monoisotopic (exact) mass is 1200 g/mol. The van der Waals surface area contributed by atoms with Gasteiger partial charge in [-0.3, -0.25) is 20.2 Å². The van der Waals surface area contributed by atoms with Gasteiger partial charge in [-0.2, -0.15) is 4.31 Å². The lowest BCUT2D eigenvalue weighted by atomic mass is 9.82. The molecule has 5 N–H and O–H groups in total. The van der Waals surface area contributed by atoms with Crippen LogP contribution in [0.1, 0.15) is 82.4 Å². The van der Waals surface area contributed by atoms with Gasteiger partial charge >= 0.3 is 25.5 Å². The van der Waals surface area contributed by atoms with Gasteiger partial charge in [0.2, 0.25) is 27.8 Å². The molecule has 3 saturated heterocycles. The number of hydrogen-bond acceptors (Lipinski definition) is 19. The molecule has 0 spiro atoms. The molecule has 6 aromatic rings. The molecule has 0 radical (unpaired) electrons. The normalized spacial score (nSPS) is 16.1. The molecule has 0 atom stereocenters. The molecule has 4 aromatic heterocycles. The number of nitrogens with two attached hydrogens (primary N) is 1. The maximum absolute atomic E-state index is 13.4. The van der Waals surface area contributed by atoms with E-state index in [2.05, 4.69) is 45.5 Å². The zero-order valence-electron chi connectivity index (χ0n) is 48.5. The second kappa shape index (κ2) is 31.2. The fourth-order valence-electron chi connectivity index (χ4n) is 9.81. The summed E-state index contributed by atoms with van der Waals surface area (Å²) in [6, 6.07) is 22.8. The number of piperidine rings is 3. The van der Waals surface area contributed by atoms with Crippen LogP contribution in [-0.2, 0) is 10.0 Å². The van der Waals surface area contributed by atoms with Crippen LogP contribution < -0.4 is 20.5 Å². The molecular weight excluding hydrogens is 1130 g/mol. The first-order chi connectivity index (χ1) is 39.5. The minimum atomic E-state index is -3.66. The number of ether oxygens (including phenoxy) is 2. The van der Waals surface area contributed by atoms with Crippen LogP contribution in [0, 0.1) is 41.0 Å². The van der Waals surface area contributed by atoms with E-state index in [-0.39, 0.29) is 47.4 Å². The van der Waals surface area contributed by atoms with E-state index in [0.717, 1.165) is 85.8 Å². The number of rotatable bonds is 13. The van der Waals surface area contributed by atoms with Crippen molar-refractivity contribution in [3.8, 4) is 22.9 Å². The highest BCUT2D eigenvalue weighted by molar-refractivity contribution is 7.89. The summed E-state index contributed by atoms with van der Waals surface area (Å²) in [7, 11) is -4.40. The third-order valence-corrected chi connectivity index (χ3v) is 17.3. The summed E-state index contributed by atoms with van der Waals surface area (Å²) >= 11 is 12.0. The Labute approximate surface area is 497 Å². The van der Waals surface area contributed by atoms with E-state index in [1.807, 2.05) is 59.9 Å². The van der Waals surface area contributed by atoms with Crippen molar-refractivity contribution in [2.75, 3.05) is 71.0 Å². The Hall–Kier alpha value is -6.06. The van der Waals surface area contributed by atoms with E-state index in [4.69, 9.17) is 53.4 Å². The third-order valence-electron chi connectivity index (χ3n) is 14.8. The Kier molecular flexibility index (Phi) is 24.8. The zero-order chi connectivity index (χ0) is 60.5. The van der Waals surface area contributed by atoms with Gasteiger partial charge in [-0.05, 0) is 167 Å². The first-order valence-corrected chi connectivity index (χ1v) is 30.2. The Morgan fingerprint density at radius 1 is 0.711 bits per heavy atom. The minimum Gasteiger partial charge on any atom is -0.454 e. The molecule has 448 valence electrons. The lowest BCUT2D eigenvalue weighted by Crippen LogP contribution is -2.46. The van der Waals surface area contributed by atoms with Crippen molar-refractivity contribution in [1.29, 1.82) is 0 Å². The fourth-order valence-corrected chi connectivity index (χ4v) is 11.8. The van der Waals surface area contributed by atoms with Crippen LogP contribution >= 0.6 is 23.2 Å². The van der Waals surface area contributed by atoms with Gasteiger partial charge in [0.05, 0.1) is 19.8 Å². The van der Waals surface area contributed by atoms with Crippen molar-refractivity contribution in [1.82, 2.24) is 43.3 Å². The maximum atomic E-state index is 13.4. The van der Waals surface area contributed by atoms with Crippen molar-refractivity contribution >= 4 is 75.7 Å². The molecule has 23 nitrogen and oxygen atoms in total. The number of aryl methyl sites for hydroxylation is 3. The highest BCUT2D eigenvalue weighted by Crippen LogP contribution is 2.39. The first kappa shape index (κ1) is 66.1. The summed E-state index contributed by atoms with van der Waals surface area (Å²) in [5, 5.41) is 43.6. The molecule has 0 aliphatic carbocycles. The van der Waals surface area contributed by atoms with Crippen molar-refractivity contribution in [3.63, 3.8) is 0 Å². The number of aromatic nitrogens is 5. The molecule has 0 unspecified atom stereocenters. The Morgan fingerprint density at radius 2 is 1.25 bits per heavy atom. The lowest BCUT2D eigenvalue weighted by molar-refractivity contribution is -0.385. The molecule has 28 heteroatoms. The largest absolute Gasteiger partial charge is 0.454 e. The van der Waals surface area contributed by atoms with Crippen LogP contribution in [0.3, 0.4) is 0 Å². The van der Waals surface area contributed by atoms with Gasteiger partial charge < -0.3 is 49.7 Å². The zero-order valence-corrected chi connectivity index (χ0v) is 50.9. The molecule has 8 heterocycles. The van der Waals surface area contributed by atoms with Crippen LogP contribution in [0.15, 0.2) is 83.8 Å². The van der Waals surface area contributed by atoms with E-state index in [9.17, 15) is 33.7 Å². The summed E-state index contributed by atoms with van der Waals surface area (Å²) in [5.41, 5.74) is 10.3. The molecule has 0 amide bonds. The molecule has 4 aliphatic heterocycles. The fraction of sp³-hybridized carbons (Fsp3) is 0.491. The smallest absolute Gasteiger partial charge is 0.376 e. The molecule has 3 fully saturated rings. The Morgan fingerprint density at radius 3 is 1.81 bits per heavy atom. The predicted octanol–water partition coefficient (Wildman–Crippen LogP) is 8.92. The highest BCUT2D eigenvalue weighted by atomic mass is 35.5.